The maximum atomic E-state index is 6.18. The van der Waals surface area contributed by atoms with Crippen LogP contribution in [0.3, 0.4) is 0 Å². The minimum atomic E-state index is 0.0420. The van der Waals surface area contributed by atoms with E-state index in [9.17, 15) is 0 Å². The van der Waals surface area contributed by atoms with Crippen LogP contribution in [0, 0.1) is 0 Å². The number of piperidine rings is 1. The van der Waals surface area contributed by atoms with E-state index in [2.05, 4.69) is 69.7 Å². The van der Waals surface area contributed by atoms with E-state index in [1.54, 1.807) is 6.33 Å². The standard InChI is InChI=1S/C27H26Cl2N4/c1-33-14-12-23(13-15-33)32-27-24-16-20(6-11-25(24)30-17-31-27)26(18-2-7-21(28)8-3-18)19-4-9-22(29)10-5-19/h2-11,16-17,23,26H,12-15H2,1H3,(H,30,31,32). The second-order valence-corrected chi connectivity index (χ2v) is 9.63. The lowest BCUT2D eigenvalue weighted by atomic mass is 9.84. The van der Waals surface area contributed by atoms with Crippen LogP contribution in [0.1, 0.15) is 35.4 Å². The molecule has 168 valence electrons. The zero-order valence-corrected chi connectivity index (χ0v) is 20.0. The molecule has 0 spiro atoms. The van der Waals surface area contributed by atoms with Gasteiger partial charge in [0.25, 0.3) is 0 Å². The Bertz CT molecular complexity index is 1190. The van der Waals surface area contributed by atoms with Crippen molar-refractivity contribution in [2.75, 3.05) is 25.5 Å². The van der Waals surface area contributed by atoms with Crippen molar-refractivity contribution in [3.05, 3.63) is 99.8 Å². The molecule has 33 heavy (non-hydrogen) atoms. The number of benzene rings is 3. The van der Waals surface area contributed by atoms with E-state index in [0.29, 0.717) is 6.04 Å². The predicted octanol–water partition coefficient (Wildman–Crippen LogP) is 6.62. The molecule has 4 nitrogen and oxygen atoms in total. The van der Waals surface area contributed by atoms with Gasteiger partial charge in [0.2, 0.25) is 0 Å². The molecule has 1 aliphatic heterocycles. The van der Waals surface area contributed by atoms with Gasteiger partial charge in [-0.3, -0.25) is 0 Å². The van der Waals surface area contributed by atoms with Crippen LogP contribution in [0.4, 0.5) is 5.82 Å². The normalized spacial score (nSPS) is 15.3. The molecule has 0 radical (unpaired) electrons. The summed E-state index contributed by atoms with van der Waals surface area (Å²) >= 11 is 12.4. The molecule has 0 aliphatic carbocycles. The Kier molecular flexibility index (Phi) is 6.50. The molecule has 0 amide bonds. The second-order valence-electron chi connectivity index (χ2n) is 8.76. The number of rotatable bonds is 5. The summed E-state index contributed by atoms with van der Waals surface area (Å²) in [4.78, 5) is 11.5. The van der Waals surface area contributed by atoms with Gasteiger partial charge in [0, 0.05) is 27.4 Å². The van der Waals surface area contributed by atoms with Gasteiger partial charge in [0.05, 0.1) is 5.52 Å². The highest BCUT2D eigenvalue weighted by Gasteiger charge is 2.20. The summed E-state index contributed by atoms with van der Waals surface area (Å²) < 4.78 is 0. The monoisotopic (exact) mass is 476 g/mol. The van der Waals surface area contributed by atoms with Crippen molar-refractivity contribution in [3.8, 4) is 0 Å². The van der Waals surface area contributed by atoms with Crippen LogP contribution in [0.25, 0.3) is 10.9 Å². The average Bonchev–Trinajstić information content (AvgIpc) is 2.83. The molecule has 1 fully saturated rings. The van der Waals surface area contributed by atoms with Crippen LogP contribution in [0.15, 0.2) is 73.1 Å². The van der Waals surface area contributed by atoms with Gasteiger partial charge in [-0.1, -0.05) is 53.5 Å². The van der Waals surface area contributed by atoms with E-state index in [0.717, 1.165) is 52.7 Å². The molecular formula is C27H26Cl2N4. The van der Waals surface area contributed by atoms with Crippen molar-refractivity contribution in [2.24, 2.45) is 0 Å². The van der Waals surface area contributed by atoms with Gasteiger partial charge in [-0.05, 0) is 86.1 Å². The zero-order chi connectivity index (χ0) is 22.8. The fraction of sp³-hybridized carbons (Fsp3) is 0.259. The first-order valence-corrected chi connectivity index (χ1v) is 12.0. The molecule has 0 bridgehead atoms. The third-order valence-corrected chi connectivity index (χ3v) is 6.96. The first-order valence-electron chi connectivity index (χ1n) is 11.3. The molecule has 1 N–H and O–H groups in total. The molecular weight excluding hydrogens is 451 g/mol. The summed E-state index contributed by atoms with van der Waals surface area (Å²) in [6, 6.07) is 23.0. The van der Waals surface area contributed by atoms with E-state index < -0.39 is 0 Å². The lowest BCUT2D eigenvalue weighted by Gasteiger charge is -2.30. The number of hydrogen-bond acceptors (Lipinski definition) is 4. The van der Waals surface area contributed by atoms with E-state index >= 15 is 0 Å². The van der Waals surface area contributed by atoms with Crippen LogP contribution in [0.2, 0.25) is 10.0 Å². The average molecular weight is 477 g/mol. The number of aromatic nitrogens is 2. The number of hydrogen-bond donors (Lipinski definition) is 1. The van der Waals surface area contributed by atoms with Crippen LogP contribution in [-0.4, -0.2) is 41.0 Å². The largest absolute Gasteiger partial charge is 0.367 e. The summed E-state index contributed by atoms with van der Waals surface area (Å²) in [5, 5.41) is 6.19. The van der Waals surface area contributed by atoms with Crippen molar-refractivity contribution < 1.29 is 0 Å². The summed E-state index contributed by atoms with van der Waals surface area (Å²) in [7, 11) is 2.18. The van der Waals surface area contributed by atoms with Gasteiger partial charge in [-0.2, -0.15) is 0 Å². The molecule has 0 saturated carbocycles. The molecule has 0 unspecified atom stereocenters. The summed E-state index contributed by atoms with van der Waals surface area (Å²) in [5.74, 6) is 0.947. The highest BCUT2D eigenvalue weighted by Crippen LogP contribution is 2.35. The topological polar surface area (TPSA) is 41.0 Å². The number of nitrogens with zero attached hydrogens (tertiary/aromatic N) is 3. The Balaban J connectivity index is 1.56. The van der Waals surface area contributed by atoms with Gasteiger partial charge in [-0.15, -0.1) is 0 Å². The van der Waals surface area contributed by atoms with Gasteiger partial charge < -0.3 is 10.2 Å². The molecule has 2 heterocycles. The minimum absolute atomic E-state index is 0.0420. The molecule has 0 atom stereocenters. The molecule has 4 aromatic rings. The van der Waals surface area contributed by atoms with Crippen molar-refractivity contribution in [1.29, 1.82) is 0 Å². The van der Waals surface area contributed by atoms with Crippen LogP contribution >= 0.6 is 23.2 Å². The number of nitrogens with one attached hydrogen (secondary N) is 1. The first-order chi connectivity index (χ1) is 16.1. The molecule has 1 saturated heterocycles. The van der Waals surface area contributed by atoms with E-state index in [1.807, 2.05) is 24.3 Å². The van der Waals surface area contributed by atoms with Gasteiger partial charge >= 0.3 is 0 Å². The van der Waals surface area contributed by atoms with E-state index in [-0.39, 0.29) is 5.92 Å². The van der Waals surface area contributed by atoms with Crippen LogP contribution in [0.5, 0.6) is 0 Å². The number of likely N-dealkylation sites (tertiary alicyclic amines) is 1. The lowest BCUT2D eigenvalue weighted by Crippen LogP contribution is -2.36. The quantitative estimate of drug-likeness (QED) is 0.328. The van der Waals surface area contributed by atoms with Crippen molar-refractivity contribution in [2.45, 2.75) is 24.8 Å². The van der Waals surface area contributed by atoms with Crippen molar-refractivity contribution in [3.63, 3.8) is 0 Å². The Labute approximate surface area is 204 Å². The summed E-state index contributed by atoms with van der Waals surface area (Å²) in [6.07, 6.45) is 3.87. The third kappa shape index (κ3) is 4.98. The molecule has 6 heteroatoms. The fourth-order valence-electron chi connectivity index (χ4n) is 4.60. The van der Waals surface area contributed by atoms with Gasteiger partial charge in [0.15, 0.2) is 0 Å². The Hall–Kier alpha value is -2.66. The molecule has 5 rings (SSSR count). The second kappa shape index (κ2) is 9.68. The van der Waals surface area contributed by atoms with Gasteiger partial charge in [0.1, 0.15) is 12.1 Å². The Morgan fingerprint density at radius 1 is 0.818 bits per heavy atom. The highest BCUT2D eigenvalue weighted by molar-refractivity contribution is 6.30. The number of anilines is 1. The Morgan fingerprint density at radius 2 is 1.39 bits per heavy atom. The molecule has 3 aromatic carbocycles. The van der Waals surface area contributed by atoms with E-state index in [1.165, 1.54) is 16.7 Å². The molecule has 1 aromatic heterocycles. The Morgan fingerprint density at radius 3 is 2.00 bits per heavy atom. The predicted molar refractivity (Wildman–Crippen MR) is 138 cm³/mol. The molecule has 1 aliphatic rings. The van der Waals surface area contributed by atoms with Crippen molar-refractivity contribution in [1.82, 2.24) is 14.9 Å². The van der Waals surface area contributed by atoms with Gasteiger partial charge in [-0.25, -0.2) is 9.97 Å². The summed E-state index contributed by atoms with van der Waals surface area (Å²) in [6.45, 7) is 2.20. The maximum absolute atomic E-state index is 6.18. The smallest absolute Gasteiger partial charge is 0.137 e. The zero-order valence-electron chi connectivity index (χ0n) is 18.5. The lowest BCUT2D eigenvalue weighted by molar-refractivity contribution is 0.264. The van der Waals surface area contributed by atoms with Crippen LogP contribution in [-0.2, 0) is 0 Å². The maximum Gasteiger partial charge on any atom is 0.137 e. The number of fused-ring (bicyclic) bond motifs is 1. The fourth-order valence-corrected chi connectivity index (χ4v) is 4.85. The SMILES string of the molecule is CN1CCC(Nc2ncnc3ccc(C(c4ccc(Cl)cc4)c4ccc(Cl)cc4)cc23)CC1. The minimum Gasteiger partial charge on any atom is -0.367 e. The van der Waals surface area contributed by atoms with E-state index in [4.69, 9.17) is 23.2 Å². The highest BCUT2D eigenvalue weighted by atomic mass is 35.5. The van der Waals surface area contributed by atoms with Crippen molar-refractivity contribution >= 4 is 39.9 Å². The summed E-state index contributed by atoms with van der Waals surface area (Å²) in [5.41, 5.74) is 4.45. The number of halogens is 2. The first kappa shape index (κ1) is 22.1. The third-order valence-electron chi connectivity index (χ3n) is 6.46. The van der Waals surface area contributed by atoms with Crippen LogP contribution < -0.4 is 5.32 Å².